The number of hydrogen-bond acceptors (Lipinski definition) is 3. The first kappa shape index (κ1) is 13.7. The Labute approximate surface area is 115 Å². The number of furan rings is 1. The smallest absolute Gasteiger partial charge is 0.103 e. The Bertz CT molecular complexity index is 477. The molecule has 0 saturated carbocycles. The van der Waals surface area contributed by atoms with E-state index in [-0.39, 0.29) is 0 Å². The Morgan fingerprint density at radius 2 is 2.05 bits per heavy atom. The predicted octanol–water partition coefficient (Wildman–Crippen LogP) is 3.39. The van der Waals surface area contributed by atoms with E-state index in [0.29, 0.717) is 0 Å². The van der Waals surface area contributed by atoms with Crippen LogP contribution in [0, 0.1) is 0 Å². The molecule has 3 nitrogen and oxygen atoms in total. The SMILES string of the molecule is CN(C)Cc1cccc(NCCCc2ccco2)c1. The minimum absolute atomic E-state index is 0.964. The second-order valence-electron chi connectivity index (χ2n) is 5.05. The summed E-state index contributed by atoms with van der Waals surface area (Å²) in [5.74, 6) is 1.06. The first-order chi connectivity index (χ1) is 9.24. The first-order valence-electron chi connectivity index (χ1n) is 6.74. The molecule has 1 N–H and O–H groups in total. The maximum absolute atomic E-state index is 5.32. The van der Waals surface area contributed by atoms with Gasteiger partial charge in [-0.1, -0.05) is 12.1 Å². The van der Waals surface area contributed by atoms with Crippen molar-refractivity contribution in [2.45, 2.75) is 19.4 Å². The van der Waals surface area contributed by atoms with Crippen LogP contribution in [-0.2, 0) is 13.0 Å². The number of nitrogens with one attached hydrogen (secondary N) is 1. The Balaban J connectivity index is 1.76. The van der Waals surface area contributed by atoms with E-state index < -0.39 is 0 Å². The fraction of sp³-hybridized carbons (Fsp3) is 0.375. The zero-order chi connectivity index (χ0) is 13.5. The van der Waals surface area contributed by atoms with Crippen molar-refractivity contribution in [3.63, 3.8) is 0 Å². The van der Waals surface area contributed by atoms with Gasteiger partial charge in [0.25, 0.3) is 0 Å². The molecule has 0 amide bonds. The largest absolute Gasteiger partial charge is 0.469 e. The summed E-state index contributed by atoms with van der Waals surface area (Å²) in [4.78, 5) is 2.18. The second kappa shape index (κ2) is 7.00. The minimum atomic E-state index is 0.964. The molecule has 1 aromatic carbocycles. The Hall–Kier alpha value is -1.74. The zero-order valence-corrected chi connectivity index (χ0v) is 11.7. The Morgan fingerprint density at radius 1 is 1.16 bits per heavy atom. The van der Waals surface area contributed by atoms with E-state index in [0.717, 1.165) is 31.7 Å². The van der Waals surface area contributed by atoms with E-state index >= 15 is 0 Å². The van der Waals surface area contributed by atoms with Crippen LogP contribution in [0.4, 0.5) is 5.69 Å². The normalized spacial score (nSPS) is 10.9. The topological polar surface area (TPSA) is 28.4 Å². The van der Waals surface area contributed by atoms with Gasteiger partial charge in [0.1, 0.15) is 5.76 Å². The molecule has 0 aliphatic heterocycles. The van der Waals surface area contributed by atoms with Gasteiger partial charge < -0.3 is 14.6 Å². The number of aryl methyl sites for hydroxylation is 1. The van der Waals surface area contributed by atoms with Gasteiger partial charge in [-0.05, 0) is 50.3 Å². The minimum Gasteiger partial charge on any atom is -0.469 e. The van der Waals surface area contributed by atoms with E-state index in [1.807, 2.05) is 12.1 Å². The van der Waals surface area contributed by atoms with Crippen molar-refractivity contribution in [1.29, 1.82) is 0 Å². The number of hydrogen-bond donors (Lipinski definition) is 1. The molecule has 0 fully saturated rings. The maximum atomic E-state index is 5.32. The molecule has 3 heteroatoms. The molecular formula is C16H22N2O. The number of benzene rings is 1. The van der Waals surface area contributed by atoms with Gasteiger partial charge in [-0.15, -0.1) is 0 Å². The highest BCUT2D eigenvalue weighted by Crippen LogP contribution is 2.12. The van der Waals surface area contributed by atoms with Crippen LogP contribution in [-0.4, -0.2) is 25.5 Å². The lowest BCUT2D eigenvalue weighted by atomic mass is 10.2. The Morgan fingerprint density at radius 3 is 2.79 bits per heavy atom. The highest BCUT2D eigenvalue weighted by Gasteiger charge is 1.98. The van der Waals surface area contributed by atoms with Gasteiger partial charge in [0.15, 0.2) is 0 Å². The molecule has 0 saturated heterocycles. The van der Waals surface area contributed by atoms with Gasteiger partial charge in [0.2, 0.25) is 0 Å². The summed E-state index contributed by atoms with van der Waals surface area (Å²) in [6.07, 6.45) is 3.79. The van der Waals surface area contributed by atoms with E-state index in [9.17, 15) is 0 Å². The molecule has 19 heavy (non-hydrogen) atoms. The van der Waals surface area contributed by atoms with Crippen LogP contribution in [0.5, 0.6) is 0 Å². The fourth-order valence-corrected chi connectivity index (χ4v) is 2.09. The van der Waals surface area contributed by atoms with E-state index in [1.165, 1.54) is 11.3 Å². The molecule has 1 aromatic heterocycles. The van der Waals surface area contributed by atoms with Crippen molar-refractivity contribution in [3.8, 4) is 0 Å². The molecule has 2 aromatic rings. The molecule has 0 radical (unpaired) electrons. The summed E-state index contributed by atoms with van der Waals surface area (Å²) in [6, 6.07) is 12.6. The zero-order valence-electron chi connectivity index (χ0n) is 11.7. The summed E-state index contributed by atoms with van der Waals surface area (Å²) in [7, 11) is 4.17. The van der Waals surface area contributed by atoms with Gasteiger partial charge in [-0.3, -0.25) is 0 Å². The van der Waals surface area contributed by atoms with Crippen LogP contribution in [0.1, 0.15) is 17.7 Å². The van der Waals surface area contributed by atoms with Crippen LogP contribution in [0.25, 0.3) is 0 Å². The molecule has 1 heterocycles. The highest BCUT2D eigenvalue weighted by atomic mass is 16.3. The van der Waals surface area contributed by atoms with Crippen molar-refractivity contribution >= 4 is 5.69 Å². The summed E-state index contributed by atoms with van der Waals surface area (Å²) >= 11 is 0. The van der Waals surface area contributed by atoms with Gasteiger partial charge in [0.05, 0.1) is 6.26 Å². The van der Waals surface area contributed by atoms with Crippen LogP contribution >= 0.6 is 0 Å². The number of anilines is 1. The van der Waals surface area contributed by atoms with Crippen molar-refractivity contribution in [1.82, 2.24) is 4.90 Å². The molecular weight excluding hydrogens is 236 g/mol. The second-order valence-corrected chi connectivity index (χ2v) is 5.05. The standard InChI is InChI=1S/C16H22N2O/c1-18(2)13-14-6-3-7-15(12-14)17-10-4-8-16-9-5-11-19-16/h3,5-7,9,11-12,17H,4,8,10,13H2,1-2H3. The predicted molar refractivity (Wildman–Crippen MR) is 79.4 cm³/mol. The van der Waals surface area contributed by atoms with Gasteiger partial charge in [-0.2, -0.15) is 0 Å². The lowest BCUT2D eigenvalue weighted by Gasteiger charge is -2.11. The lowest BCUT2D eigenvalue weighted by Crippen LogP contribution is -2.11. The van der Waals surface area contributed by atoms with Gasteiger partial charge in [-0.25, -0.2) is 0 Å². The molecule has 0 unspecified atom stereocenters. The third-order valence-electron chi connectivity index (χ3n) is 2.93. The van der Waals surface area contributed by atoms with Crippen molar-refractivity contribution in [3.05, 3.63) is 54.0 Å². The molecule has 0 atom stereocenters. The summed E-state index contributed by atoms with van der Waals surface area (Å²) < 4.78 is 5.32. The summed E-state index contributed by atoms with van der Waals surface area (Å²) in [5.41, 5.74) is 2.53. The van der Waals surface area contributed by atoms with E-state index in [4.69, 9.17) is 4.42 Å². The average molecular weight is 258 g/mol. The monoisotopic (exact) mass is 258 g/mol. The molecule has 102 valence electrons. The lowest BCUT2D eigenvalue weighted by molar-refractivity contribution is 0.402. The molecule has 0 aliphatic carbocycles. The third-order valence-corrected chi connectivity index (χ3v) is 2.93. The first-order valence-corrected chi connectivity index (χ1v) is 6.74. The Kier molecular flexibility index (Phi) is 5.04. The van der Waals surface area contributed by atoms with Crippen molar-refractivity contribution < 1.29 is 4.42 Å². The highest BCUT2D eigenvalue weighted by molar-refractivity contribution is 5.45. The van der Waals surface area contributed by atoms with Crippen LogP contribution < -0.4 is 5.32 Å². The summed E-state index contributed by atoms with van der Waals surface area (Å²) in [6.45, 7) is 1.94. The number of rotatable bonds is 7. The van der Waals surface area contributed by atoms with Gasteiger partial charge in [0, 0.05) is 25.2 Å². The quantitative estimate of drug-likeness (QED) is 0.772. The van der Waals surface area contributed by atoms with E-state index in [1.54, 1.807) is 6.26 Å². The third kappa shape index (κ3) is 4.79. The number of nitrogens with zero attached hydrogens (tertiary/aromatic N) is 1. The molecule has 0 bridgehead atoms. The van der Waals surface area contributed by atoms with Gasteiger partial charge >= 0.3 is 0 Å². The van der Waals surface area contributed by atoms with Crippen LogP contribution in [0.2, 0.25) is 0 Å². The average Bonchev–Trinajstić information content (AvgIpc) is 2.87. The van der Waals surface area contributed by atoms with Crippen molar-refractivity contribution in [2.24, 2.45) is 0 Å². The maximum Gasteiger partial charge on any atom is 0.103 e. The van der Waals surface area contributed by atoms with Crippen LogP contribution in [0.3, 0.4) is 0 Å². The fourth-order valence-electron chi connectivity index (χ4n) is 2.09. The summed E-state index contributed by atoms with van der Waals surface area (Å²) in [5, 5.41) is 3.46. The molecule has 0 spiro atoms. The van der Waals surface area contributed by atoms with Crippen LogP contribution in [0.15, 0.2) is 47.1 Å². The van der Waals surface area contributed by atoms with Crippen molar-refractivity contribution in [2.75, 3.05) is 26.0 Å². The molecule has 0 aliphatic rings. The van der Waals surface area contributed by atoms with E-state index in [2.05, 4.69) is 48.6 Å². The molecule has 2 rings (SSSR count).